The third kappa shape index (κ3) is 4.47. The van der Waals surface area contributed by atoms with E-state index >= 15 is 0 Å². The number of carbonyl (C=O) groups excluding carboxylic acids is 1. The maximum absolute atomic E-state index is 12.1. The van der Waals surface area contributed by atoms with E-state index in [-0.39, 0.29) is 17.9 Å². The summed E-state index contributed by atoms with van der Waals surface area (Å²) in [6.07, 6.45) is 0. The second kappa shape index (κ2) is 7.96. The molecule has 1 fully saturated rings. The Kier molecular flexibility index (Phi) is 5.67. The number of nitrogens with one attached hydrogen (secondary N) is 1. The van der Waals surface area contributed by atoms with Crippen molar-refractivity contribution >= 4 is 11.7 Å². The summed E-state index contributed by atoms with van der Waals surface area (Å²) in [6, 6.07) is 1.77. The van der Waals surface area contributed by atoms with Gasteiger partial charge in [0.25, 0.3) is 0 Å². The molecule has 0 aliphatic carbocycles. The summed E-state index contributed by atoms with van der Waals surface area (Å²) in [7, 11) is 0. The van der Waals surface area contributed by atoms with Gasteiger partial charge in [0.15, 0.2) is 11.6 Å². The molecule has 9 heteroatoms. The highest BCUT2D eigenvalue weighted by Gasteiger charge is 2.27. The fraction of sp³-hybridized carbons (Fsp3) is 0.647. The van der Waals surface area contributed by atoms with Gasteiger partial charge in [0, 0.05) is 38.2 Å². The highest BCUT2D eigenvalue weighted by atomic mass is 16.5. The van der Waals surface area contributed by atoms with Crippen LogP contribution < -0.4 is 5.32 Å². The quantitative estimate of drug-likeness (QED) is 0.830. The molecule has 0 radical (unpaired) electrons. The molecule has 1 atom stereocenters. The van der Waals surface area contributed by atoms with E-state index in [2.05, 4.69) is 37.3 Å². The van der Waals surface area contributed by atoms with Crippen molar-refractivity contribution in [1.29, 1.82) is 0 Å². The first kappa shape index (κ1) is 18.5. The maximum atomic E-state index is 12.1. The van der Waals surface area contributed by atoms with Crippen LogP contribution in [-0.2, 0) is 4.79 Å². The zero-order valence-electron chi connectivity index (χ0n) is 15.7. The molecule has 1 amide bonds. The maximum Gasteiger partial charge on any atom is 0.243 e. The van der Waals surface area contributed by atoms with Crippen molar-refractivity contribution < 1.29 is 13.8 Å². The summed E-state index contributed by atoms with van der Waals surface area (Å²) in [4.78, 5) is 21.0. The van der Waals surface area contributed by atoms with Crippen LogP contribution in [0.5, 0.6) is 0 Å². The number of piperazine rings is 1. The van der Waals surface area contributed by atoms with Gasteiger partial charge in [-0.05, 0) is 13.8 Å². The number of rotatable bonds is 6. The average molecular weight is 362 g/mol. The smallest absolute Gasteiger partial charge is 0.243 e. The monoisotopic (exact) mass is 362 g/mol. The van der Waals surface area contributed by atoms with Crippen LogP contribution in [0, 0.1) is 6.92 Å². The van der Waals surface area contributed by atoms with Crippen LogP contribution in [0.3, 0.4) is 0 Å². The predicted octanol–water partition coefficient (Wildman–Crippen LogP) is 1.81. The number of anilines is 1. The van der Waals surface area contributed by atoms with Crippen molar-refractivity contribution in [2.75, 3.05) is 38.0 Å². The van der Waals surface area contributed by atoms with Gasteiger partial charge in [0.05, 0.1) is 12.6 Å². The van der Waals surface area contributed by atoms with E-state index in [4.69, 9.17) is 9.05 Å². The van der Waals surface area contributed by atoms with Crippen molar-refractivity contribution in [3.8, 4) is 0 Å². The molecule has 1 N–H and O–H groups in total. The Morgan fingerprint density at radius 3 is 2.50 bits per heavy atom. The minimum absolute atomic E-state index is 0.0732. The third-order valence-corrected chi connectivity index (χ3v) is 4.55. The van der Waals surface area contributed by atoms with Gasteiger partial charge in [0.1, 0.15) is 5.76 Å². The molecule has 3 heterocycles. The minimum Gasteiger partial charge on any atom is -0.360 e. The molecular formula is C17H26N6O3. The second-order valence-electron chi connectivity index (χ2n) is 7.00. The Morgan fingerprint density at radius 1 is 1.19 bits per heavy atom. The molecule has 9 nitrogen and oxygen atoms in total. The first-order valence-electron chi connectivity index (χ1n) is 8.95. The molecule has 0 saturated carbocycles. The number of hydrogen-bond donors (Lipinski definition) is 1. The van der Waals surface area contributed by atoms with Gasteiger partial charge >= 0.3 is 0 Å². The molecular weight excluding hydrogens is 336 g/mol. The van der Waals surface area contributed by atoms with Crippen LogP contribution in [0.15, 0.2) is 15.1 Å². The van der Waals surface area contributed by atoms with Crippen LogP contribution >= 0.6 is 0 Å². The van der Waals surface area contributed by atoms with Crippen molar-refractivity contribution in [1.82, 2.24) is 25.1 Å². The summed E-state index contributed by atoms with van der Waals surface area (Å²) < 4.78 is 10.4. The lowest BCUT2D eigenvalue weighted by Gasteiger charge is -2.36. The Bertz CT molecular complexity index is 732. The summed E-state index contributed by atoms with van der Waals surface area (Å²) in [5, 5.41) is 10.6. The van der Waals surface area contributed by atoms with E-state index in [9.17, 15) is 4.79 Å². The van der Waals surface area contributed by atoms with Gasteiger partial charge in [0.2, 0.25) is 11.8 Å². The van der Waals surface area contributed by atoms with Crippen LogP contribution in [0.25, 0.3) is 0 Å². The Balaban J connectivity index is 1.46. The molecule has 1 saturated heterocycles. The fourth-order valence-electron chi connectivity index (χ4n) is 2.93. The lowest BCUT2D eigenvalue weighted by molar-refractivity contribution is -0.117. The van der Waals surface area contributed by atoms with Gasteiger partial charge in [-0.1, -0.05) is 24.2 Å². The number of aromatic nitrogens is 3. The predicted molar refractivity (Wildman–Crippen MR) is 94.7 cm³/mol. The molecule has 0 bridgehead atoms. The molecule has 3 rings (SSSR count). The standard InChI is InChI=1S/C17H26N6O3/c1-11(2)16-19-17(26-21-16)13(4)23-7-5-22(6-8-23)10-15(24)18-14-9-12(3)25-20-14/h9,11,13H,5-8,10H2,1-4H3,(H,18,20,24)/t13-/m1/s1. The molecule has 2 aromatic heterocycles. The fourth-order valence-corrected chi connectivity index (χ4v) is 2.93. The van der Waals surface area contributed by atoms with E-state index in [1.807, 2.05) is 13.8 Å². The van der Waals surface area contributed by atoms with Crippen LogP contribution in [0.1, 0.15) is 50.2 Å². The minimum atomic E-state index is -0.0849. The van der Waals surface area contributed by atoms with Crippen molar-refractivity contribution in [3.63, 3.8) is 0 Å². The summed E-state index contributed by atoms with van der Waals surface area (Å²) in [5.41, 5.74) is 0. The molecule has 1 aliphatic heterocycles. The van der Waals surface area contributed by atoms with Crippen LogP contribution in [-0.4, -0.2) is 63.7 Å². The zero-order chi connectivity index (χ0) is 18.7. The SMILES string of the molecule is Cc1cc(NC(=O)CN2CCN([C@H](C)c3nc(C(C)C)no3)CC2)no1. The molecule has 1 aliphatic rings. The summed E-state index contributed by atoms with van der Waals surface area (Å²) in [6.45, 7) is 11.6. The van der Waals surface area contributed by atoms with E-state index < -0.39 is 0 Å². The number of aryl methyl sites for hydroxylation is 1. The molecule has 26 heavy (non-hydrogen) atoms. The topological polar surface area (TPSA) is 101 Å². The largest absolute Gasteiger partial charge is 0.360 e. The van der Waals surface area contributed by atoms with E-state index in [0.29, 0.717) is 24.0 Å². The number of amides is 1. The second-order valence-corrected chi connectivity index (χ2v) is 7.00. The van der Waals surface area contributed by atoms with E-state index in [1.165, 1.54) is 0 Å². The van der Waals surface area contributed by atoms with Gasteiger partial charge in [-0.2, -0.15) is 4.98 Å². The van der Waals surface area contributed by atoms with Crippen LogP contribution in [0.2, 0.25) is 0 Å². The number of carbonyl (C=O) groups is 1. The third-order valence-electron chi connectivity index (χ3n) is 4.55. The summed E-state index contributed by atoms with van der Waals surface area (Å²) in [5.74, 6) is 2.69. The van der Waals surface area contributed by atoms with Crippen molar-refractivity contribution in [2.24, 2.45) is 0 Å². The average Bonchev–Trinajstić information content (AvgIpc) is 3.24. The van der Waals surface area contributed by atoms with Crippen molar-refractivity contribution in [3.05, 3.63) is 23.5 Å². The first-order chi connectivity index (χ1) is 12.4. The first-order valence-corrected chi connectivity index (χ1v) is 8.95. The lowest BCUT2D eigenvalue weighted by atomic mass is 10.2. The molecule has 0 unspecified atom stereocenters. The molecule has 2 aromatic rings. The van der Waals surface area contributed by atoms with E-state index in [1.54, 1.807) is 13.0 Å². The van der Waals surface area contributed by atoms with Gasteiger partial charge in [-0.25, -0.2) is 0 Å². The van der Waals surface area contributed by atoms with Crippen LogP contribution in [0.4, 0.5) is 5.82 Å². The number of hydrogen-bond acceptors (Lipinski definition) is 8. The van der Waals surface area contributed by atoms with E-state index in [0.717, 1.165) is 32.0 Å². The lowest BCUT2D eigenvalue weighted by Crippen LogP contribution is -2.49. The number of nitrogens with zero attached hydrogens (tertiary/aromatic N) is 5. The van der Waals surface area contributed by atoms with Gasteiger partial charge in [-0.15, -0.1) is 0 Å². The Labute approximate surface area is 152 Å². The zero-order valence-corrected chi connectivity index (χ0v) is 15.7. The molecule has 142 valence electrons. The van der Waals surface area contributed by atoms with Gasteiger partial charge in [-0.3, -0.25) is 14.6 Å². The normalized spacial score (nSPS) is 17.6. The van der Waals surface area contributed by atoms with Gasteiger partial charge < -0.3 is 14.4 Å². The molecule has 0 aromatic carbocycles. The van der Waals surface area contributed by atoms with Crippen molar-refractivity contribution in [2.45, 2.75) is 39.7 Å². The highest BCUT2D eigenvalue weighted by molar-refractivity contribution is 5.91. The molecule has 0 spiro atoms. The Hall–Kier alpha value is -2.26. The highest BCUT2D eigenvalue weighted by Crippen LogP contribution is 2.21. The summed E-state index contributed by atoms with van der Waals surface area (Å²) >= 11 is 0. The Morgan fingerprint density at radius 2 is 1.92 bits per heavy atom.